The van der Waals surface area contributed by atoms with Crippen molar-refractivity contribution >= 4 is 27.6 Å². The van der Waals surface area contributed by atoms with E-state index in [-0.39, 0.29) is 4.87 Å². The Morgan fingerprint density at radius 2 is 2.29 bits per heavy atom. The minimum absolute atomic E-state index is 0.161. The van der Waals surface area contributed by atoms with E-state index in [1.807, 2.05) is 17.5 Å². The topological polar surface area (TPSA) is 47.3 Å². The van der Waals surface area contributed by atoms with Gasteiger partial charge < -0.3 is 0 Å². The summed E-state index contributed by atoms with van der Waals surface area (Å²) in [5.74, 6) is 0.717. The van der Waals surface area contributed by atoms with Crippen molar-refractivity contribution in [2.75, 3.05) is 0 Å². The molecule has 0 aliphatic carbocycles. The van der Waals surface area contributed by atoms with Gasteiger partial charge in [0.05, 0.1) is 11.1 Å². The lowest BCUT2D eigenvalue weighted by atomic mass is 10.5. The van der Waals surface area contributed by atoms with E-state index < -0.39 is 0 Å². The molecule has 0 radical (unpaired) electrons. The van der Waals surface area contributed by atoms with Gasteiger partial charge in [-0.15, -0.1) is 11.3 Å². The van der Waals surface area contributed by atoms with Crippen LogP contribution in [0, 0.1) is 6.92 Å². The molecule has 2 aliphatic rings. The molecule has 0 amide bonds. The first-order valence-electron chi connectivity index (χ1n) is 3.98. The van der Waals surface area contributed by atoms with E-state index in [4.69, 9.17) is 0 Å². The Labute approximate surface area is 86.8 Å². The van der Waals surface area contributed by atoms with Crippen LogP contribution in [-0.4, -0.2) is 14.4 Å². The summed E-state index contributed by atoms with van der Waals surface area (Å²) in [5.41, 5.74) is 0. The molecule has 1 aromatic heterocycles. The Bertz CT molecular complexity index is 636. The van der Waals surface area contributed by atoms with Gasteiger partial charge in [0.2, 0.25) is 0 Å². The number of fused-ring (bicyclic) bond motifs is 3. The Hall–Kier alpha value is -1.27. The maximum absolute atomic E-state index is 11.1. The van der Waals surface area contributed by atoms with Crippen LogP contribution >= 0.6 is 22.7 Å². The second kappa shape index (κ2) is 2.61. The van der Waals surface area contributed by atoms with Gasteiger partial charge in [-0.2, -0.15) is 4.98 Å². The Morgan fingerprint density at radius 1 is 1.43 bits per heavy atom. The molecule has 0 aromatic carbocycles. The van der Waals surface area contributed by atoms with E-state index in [1.54, 1.807) is 17.5 Å². The van der Waals surface area contributed by atoms with Gasteiger partial charge >= 0.3 is 4.87 Å². The van der Waals surface area contributed by atoms with Gasteiger partial charge in [-0.3, -0.25) is 9.20 Å². The molecule has 0 N–H and O–H groups in total. The predicted molar refractivity (Wildman–Crippen MR) is 56.4 cm³/mol. The van der Waals surface area contributed by atoms with Gasteiger partial charge in [-0.1, -0.05) is 11.3 Å². The minimum Gasteiger partial charge on any atom is -0.275 e. The zero-order chi connectivity index (χ0) is 9.71. The van der Waals surface area contributed by atoms with Crippen molar-refractivity contribution < 1.29 is 0 Å². The summed E-state index contributed by atoms with van der Waals surface area (Å²) in [6.07, 6.45) is 3.66. The molecule has 1 aromatic rings. The highest BCUT2D eigenvalue weighted by Crippen LogP contribution is 2.25. The molecule has 0 saturated carbocycles. The lowest BCUT2D eigenvalue weighted by molar-refractivity contribution is 1.08. The van der Waals surface area contributed by atoms with Crippen molar-refractivity contribution in [3.63, 3.8) is 0 Å². The fourth-order valence-electron chi connectivity index (χ4n) is 1.37. The third kappa shape index (κ3) is 1.01. The van der Waals surface area contributed by atoms with Crippen LogP contribution in [0.15, 0.2) is 17.2 Å². The van der Waals surface area contributed by atoms with Crippen LogP contribution in [0.2, 0.25) is 0 Å². The van der Waals surface area contributed by atoms with E-state index in [2.05, 4.69) is 9.97 Å². The van der Waals surface area contributed by atoms with Crippen LogP contribution in [0.3, 0.4) is 0 Å². The molecule has 3 heterocycles. The first kappa shape index (κ1) is 8.07. The third-order valence-corrected chi connectivity index (χ3v) is 3.59. The molecule has 70 valence electrons. The second-order valence-corrected chi connectivity index (χ2v) is 5.13. The number of hydrogen-bond acceptors (Lipinski definition) is 5. The lowest BCUT2D eigenvalue weighted by Crippen LogP contribution is -1.96. The quantitative estimate of drug-likeness (QED) is 0.582. The van der Waals surface area contributed by atoms with E-state index in [0.717, 1.165) is 26.1 Å². The summed E-state index contributed by atoms with van der Waals surface area (Å²) in [6.45, 7) is 2.01. The molecule has 0 spiro atoms. The van der Waals surface area contributed by atoms with Crippen molar-refractivity contribution in [2.24, 2.45) is 0 Å². The highest BCUT2D eigenvalue weighted by atomic mass is 32.1. The monoisotopic (exact) mass is 223 g/mol. The largest absolute Gasteiger partial charge is 0.329 e. The van der Waals surface area contributed by atoms with E-state index in [9.17, 15) is 4.79 Å². The fraction of sp³-hybridized carbons (Fsp3) is 0.125. The summed E-state index contributed by atoms with van der Waals surface area (Å²) >= 11 is 2.72. The SMILES string of the molecule is Cc1cn2c3nc(=O)sc-3cnc2s1. The van der Waals surface area contributed by atoms with Crippen LogP contribution in [0.25, 0.3) is 15.7 Å². The predicted octanol–water partition coefficient (Wildman–Crippen LogP) is 1.63. The highest BCUT2D eigenvalue weighted by Gasteiger charge is 2.13. The molecule has 0 atom stereocenters. The number of aromatic nitrogens is 3. The molecule has 2 aliphatic heterocycles. The lowest BCUT2D eigenvalue weighted by Gasteiger charge is -1.97. The minimum atomic E-state index is -0.161. The molecular weight excluding hydrogens is 218 g/mol. The maximum Gasteiger partial charge on any atom is 0.329 e. The average Bonchev–Trinajstić information content (AvgIpc) is 2.65. The van der Waals surface area contributed by atoms with Crippen LogP contribution in [0.5, 0.6) is 0 Å². The van der Waals surface area contributed by atoms with Crippen molar-refractivity contribution in [3.05, 3.63) is 26.9 Å². The number of aryl methyl sites for hydroxylation is 1. The van der Waals surface area contributed by atoms with Crippen molar-refractivity contribution in [1.82, 2.24) is 14.4 Å². The second-order valence-electron chi connectivity index (χ2n) is 2.92. The number of hydrogen-bond donors (Lipinski definition) is 0. The number of rotatable bonds is 0. The van der Waals surface area contributed by atoms with Crippen molar-refractivity contribution in [3.8, 4) is 10.7 Å². The Kier molecular flexibility index (Phi) is 1.51. The zero-order valence-electron chi connectivity index (χ0n) is 7.22. The summed E-state index contributed by atoms with van der Waals surface area (Å²) in [4.78, 5) is 22.0. The van der Waals surface area contributed by atoms with Gasteiger partial charge in [0.1, 0.15) is 0 Å². The van der Waals surface area contributed by atoms with Crippen molar-refractivity contribution in [2.45, 2.75) is 6.92 Å². The first-order chi connectivity index (χ1) is 6.74. The normalized spacial score (nSPS) is 11.5. The standard InChI is InChI=1S/C8H5N3OS2/c1-4-3-11-6-5(14-8(12)10-6)2-9-7(11)13-4/h2-3H,1H3. The third-order valence-electron chi connectivity index (χ3n) is 1.90. The molecule has 6 heteroatoms. The molecule has 14 heavy (non-hydrogen) atoms. The smallest absolute Gasteiger partial charge is 0.275 e. The summed E-state index contributed by atoms with van der Waals surface area (Å²) < 4.78 is 1.87. The molecule has 0 fully saturated rings. The summed E-state index contributed by atoms with van der Waals surface area (Å²) in [7, 11) is 0. The zero-order valence-corrected chi connectivity index (χ0v) is 8.85. The number of thiazole rings is 2. The van der Waals surface area contributed by atoms with Gasteiger partial charge in [-0.05, 0) is 6.92 Å². The Morgan fingerprint density at radius 3 is 3.14 bits per heavy atom. The maximum atomic E-state index is 11.1. The summed E-state index contributed by atoms with van der Waals surface area (Å²) in [5, 5.41) is 0. The van der Waals surface area contributed by atoms with Gasteiger partial charge in [0.25, 0.3) is 0 Å². The van der Waals surface area contributed by atoms with E-state index in [1.165, 1.54) is 0 Å². The number of nitrogens with zero attached hydrogens (tertiary/aromatic N) is 3. The average molecular weight is 223 g/mol. The van der Waals surface area contributed by atoms with Gasteiger partial charge in [0.15, 0.2) is 10.8 Å². The van der Waals surface area contributed by atoms with Crippen LogP contribution in [0.4, 0.5) is 0 Å². The molecule has 0 saturated heterocycles. The Balaban J connectivity index is 2.57. The van der Waals surface area contributed by atoms with Crippen LogP contribution in [-0.2, 0) is 0 Å². The first-order valence-corrected chi connectivity index (χ1v) is 5.62. The van der Waals surface area contributed by atoms with Crippen LogP contribution in [0.1, 0.15) is 4.88 Å². The molecule has 0 unspecified atom stereocenters. The highest BCUT2D eigenvalue weighted by molar-refractivity contribution is 7.17. The fourth-order valence-corrected chi connectivity index (χ4v) is 2.82. The molecule has 3 rings (SSSR count). The van der Waals surface area contributed by atoms with Gasteiger partial charge in [-0.25, -0.2) is 4.98 Å². The van der Waals surface area contributed by atoms with E-state index in [0.29, 0.717) is 5.82 Å². The molecule has 4 nitrogen and oxygen atoms in total. The van der Waals surface area contributed by atoms with E-state index >= 15 is 0 Å². The summed E-state index contributed by atoms with van der Waals surface area (Å²) in [6, 6.07) is 0. The molecule has 0 bridgehead atoms. The van der Waals surface area contributed by atoms with Crippen LogP contribution < -0.4 is 4.87 Å². The van der Waals surface area contributed by atoms with Gasteiger partial charge in [0, 0.05) is 11.1 Å². The van der Waals surface area contributed by atoms with Crippen molar-refractivity contribution in [1.29, 1.82) is 0 Å². The molecular formula is C8H5N3OS2.